The smallest absolute Gasteiger partial charge is 0.335 e. The third kappa shape index (κ3) is 3.95. The van der Waals surface area contributed by atoms with Crippen molar-refractivity contribution in [1.29, 1.82) is 0 Å². The molecule has 8 nitrogen and oxygen atoms in total. The molecule has 146 valence electrons. The molecule has 1 aliphatic rings. The summed E-state index contributed by atoms with van der Waals surface area (Å²) in [5, 5.41) is 20.3. The standard InChI is InChI=1S/C20H20N2O6/c1-28-18-7-3-2-5-13(18)10-16-6-4-8-21(16)19(23)14-9-15(20(24)25)12-17(11-14)22(26)27/h2-3,5,7,9,11-12,16H,4,6,8,10H2,1H3,(H,24,25). The second-order valence-electron chi connectivity index (χ2n) is 6.64. The van der Waals surface area contributed by atoms with Gasteiger partial charge in [-0.15, -0.1) is 0 Å². The number of nitro groups is 1. The Labute approximate surface area is 161 Å². The van der Waals surface area contributed by atoms with Gasteiger partial charge < -0.3 is 14.7 Å². The fourth-order valence-electron chi connectivity index (χ4n) is 3.57. The van der Waals surface area contributed by atoms with Crippen LogP contribution in [-0.2, 0) is 6.42 Å². The van der Waals surface area contributed by atoms with Gasteiger partial charge in [-0.05, 0) is 37.0 Å². The fraction of sp³-hybridized carbons (Fsp3) is 0.300. The highest BCUT2D eigenvalue weighted by atomic mass is 16.6. The average Bonchev–Trinajstić information content (AvgIpc) is 3.15. The SMILES string of the molecule is COc1ccccc1CC1CCCN1C(=O)c1cc(C(=O)O)cc([N+](=O)[O-])c1. The number of methoxy groups -OCH3 is 1. The van der Waals surface area contributed by atoms with Gasteiger partial charge in [-0.2, -0.15) is 0 Å². The summed E-state index contributed by atoms with van der Waals surface area (Å²) in [6.07, 6.45) is 2.20. The van der Waals surface area contributed by atoms with Gasteiger partial charge in [0.1, 0.15) is 5.75 Å². The van der Waals surface area contributed by atoms with Crippen molar-refractivity contribution in [2.24, 2.45) is 0 Å². The first-order valence-electron chi connectivity index (χ1n) is 8.86. The summed E-state index contributed by atoms with van der Waals surface area (Å²) in [5.41, 5.74) is 0.292. The average molecular weight is 384 g/mol. The summed E-state index contributed by atoms with van der Waals surface area (Å²) in [4.78, 5) is 36.4. The molecule has 1 saturated heterocycles. The van der Waals surface area contributed by atoms with Crippen molar-refractivity contribution in [3.8, 4) is 5.75 Å². The van der Waals surface area contributed by atoms with E-state index in [0.29, 0.717) is 13.0 Å². The molecule has 0 aliphatic carbocycles. The number of amides is 1. The van der Waals surface area contributed by atoms with E-state index in [1.54, 1.807) is 12.0 Å². The molecule has 1 atom stereocenters. The van der Waals surface area contributed by atoms with Crippen LogP contribution in [0.5, 0.6) is 5.75 Å². The first-order chi connectivity index (χ1) is 13.4. The maximum absolute atomic E-state index is 13.0. The Kier molecular flexibility index (Phi) is 5.58. The van der Waals surface area contributed by atoms with Crippen LogP contribution in [0.15, 0.2) is 42.5 Å². The largest absolute Gasteiger partial charge is 0.496 e. The minimum atomic E-state index is -1.32. The first-order valence-corrected chi connectivity index (χ1v) is 8.86. The number of carbonyl (C=O) groups is 2. The second-order valence-corrected chi connectivity index (χ2v) is 6.64. The number of aromatic carboxylic acids is 1. The molecule has 1 unspecified atom stereocenters. The summed E-state index contributed by atoms with van der Waals surface area (Å²) in [6.45, 7) is 0.518. The number of carboxylic acid groups (broad SMARTS) is 1. The van der Waals surface area contributed by atoms with Crippen LogP contribution in [0.25, 0.3) is 0 Å². The molecule has 1 heterocycles. The molecule has 2 aromatic rings. The van der Waals surface area contributed by atoms with Crippen LogP contribution < -0.4 is 4.74 Å². The molecule has 1 N–H and O–H groups in total. The molecule has 2 aromatic carbocycles. The molecular weight excluding hydrogens is 364 g/mol. The quantitative estimate of drug-likeness (QED) is 0.605. The molecule has 0 bridgehead atoms. The third-order valence-electron chi connectivity index (χ3n) is 4.91. The zero-order chi connectivity index (χ0) is 20.3. The van der Waals surface area contributed by atoms with Crippen molar-refractivity contribution < 1.29 is 24.4 Å². The molecule has 1 amide bonds. The highest BCUT2D eigenvalue weighted by molar-refractivity contribution is 5.98. The van der Waals surface area contributed by atoms with Crippen LogP contribution >= 0.6 is 0 Å². The summed E-state index contributed by atoms with van der Waals surface area (Å²) in [7, 11) is 1.59. The van der Waals surface area contributed by atoms with E-state index in [2.05, 4.69) is 0 Å². The topological polar surface area (TPSA) is 110 Å². The Hall–Kier alpha value is -3.42. The first kappa shape index (κ1) is 19.3. The Bertz CT molecular complexity index is 894. The number of hydrogen-bond acceptors (Lipinski definition) is 5. The lowest BCUT2D eigenvalue weighted by Crippen LogP contribution is -2.37. The van der Waals surface area contributed by atoms with E-state index in [4.69, 9.17) is 4.74 Å². The number of ether oxygens (including phenoxy) is 1. The predicted octanol–water partition coefficient (Wildman–Crippen LogP) is 3.15. The van der Waals surface area contributed by atoms with Gasteiger partial charge in [-0.25, -0.2) is 4.79 Å². The van der Waals surface area contributed by atoms with E-state index in [-0.39, 0.29) is 17.2 Å². The van der Waals surface area contributed by atoms with Gasteiger partial charge in [0.2, 0.25) is 0 Å². The second kappa shape index (κ2) is 8.08. The van der Waals surface area contributed by atoms with Gasteiger partial charge in [0.25, 0.3) is 11.6 Å². The van der Waals surface area contributed by atoms with E-state index >= 15 is 0 Å². The molecule has 3 rings (SSSR count). The maximum atomic E-state index is 13.0. The highest BCUT2D eigenvalue weighted by Crippen LogP contribution is 2.28. The van der Waals surface area contributed by atoms with Gasteiger partial charge >= 0.3 is 5.97 Å². The molecule has 28 heavy (non-hydrogen) atoms. The number of non-ortho nitro benzene ring substituents is 1. The van der Waals surface area contributed by atoms with Gasteiger partial charge in [-0.3, -0.25) is 14.9 Å². The predicted molar refractivity (Wildman–Crippen MR) is 101 cm³/mol. The number of carboxylic acids is 1. The zero-order valence-corrected chi connectivity index (χ0v) is 15.3. The van der Waals surface area contributed by atoms with Crippen LogP contribution in [0.1, 0.15) is 39.1 Å². The maximum Gasteiger partial charge on any atom is 0.335 e. The molecule has 0 radical (unpaired) electrons. The number of likely N-dealkylation sites (tertiary alicyclic amines) is 1. The van der Waals surface area contributed by atoms with E-state index in [0.717, 1.165) is 36.3 Å². The number of hydrogen-bond donors (Lipinski definition) is 1. The number of nitro benzene ring substituents is 1. The molecule has 0 spiro atoms. The molecular formula is C20H20N2O6. The van der Waals surface area contributed by atoms with Crippen LogP contribution in [0.2, 0.25) is 0 Å². The van der Waals surface area contributed by atoms with Crippen molar-refractivity contribution >= 4 is 17.6 Å². The molecule has 8 heteroatoms. The molecule has 1 fully saturated rings. The van der Waals surface area contributed by atoms with Gasteiger partial charge in [0.15, 0.2) is 0 Å². The zero-order valence-electron chi connectivity index (χ0n) is 15.3. The summed E-state index contributed by atoms with van der Waals surface area (Å²) in [6, 6.07) is 10.8. The number of benzene rings is 2. The minimum Gasteiger partial charge on any atom is -0.496 e. The van der Waals surface area contributed by atoms with Crippen molar-refractivity contribution in [2.75, 3.05) is 13.7 Å². The Balaban J connectivity index is 1.89. The van der Waals surface area contributed by atoms with Crippen molar-refractivity contribution in [3.63, 3.8) is 0 Å². The van der Waals surface area contributed by atoms with Crippen molar-refractivity contribution in [1.82, 2.24) is 4.90 Å². The molecule has 0 aromatic heterocycles. The van der Waals surface area contributed by atoms with Crippen LogP contribution in [0.3, 0.4) is 0 Å². The van der Waals surface area contributed by atoms with Gasteiger partial charge in [0, 0.05) is 30.3 Å². The van der Waals surface area contributed by atoms with Gasteiger partial charge in [-0.1, -0.05) is 18.2 Å². The van der Waals surface area contributed by atoms with E-state index < -0.39 is 22.5 Å². The van der Waals surface area contributed by atoms with Crippen molar-refractivity contribution in [3.05, 3.63) is 69.3 Å². The Morgan fingerprint density at radius 2 is 1.96 bits per heavy atom. The molecule has 1 aliphatic heterocycles. The van der Waals surface area contributed by atoms with Crippen LogP contribution in [-0.4, -0.2) is 46.5 Å². The van der Waals surface area contributed by atoms with E-state index in [1.807, 2.05) is 24.3 Å². The van der Waals surface area contributed by atoms with Crippen molar-refractivity contribution in [2.45, 2.75) is 25.3 Å². The van der Waals surface area contributed by atoms with Crippen LogP contribution in [0, 0.1) is 10.1 Å². The van der Waals surface area contributed by atoms with Crippen LogP contribution in [0.4, 0.5) is 5.69 Å². The lowest BCUT2D eigenvalue weighted by molar-refractivity contribution is -0.384. The van der Waals surface area contributed by atoms with E-state index in [9.17, 15) is 24.8 Å². The van der Waals surface area contributed by atoms with Gasteiger partial charge in [0.05, 0.1) is 17.6 Å². The number of para-hydroxylation sites is 1. The summed E-state index contributed by atoms with van der Waals surface area (Å²) >= 11 is 0. The molecule has 0 saturated carbocycles. The minimum absolute atomic E-state index is 0.0125. The number of rotatable bonds is 6. The highest BCUT2D eigenvalue weighted by Gasteiger charge is 2.31. The lowest BCUT2D eigenvalue weighted by Gasteiger charge is -2.25. The summed E-state index contributed by atoms with van der Waals surface area (Å²) in [5.74, 6) is -0.973. The lowest BCUT2D eigenvalue weighted by atomic mass is 10.0. The monoisotopic (exact) mass is 384 g/mol. The van der Waals surface area contributed by atoms with E-state index in [1.165, 1.54) is 6.07 Å². The third-order valence-corrected chi connectivity index (χ3v) is 4.91. The summed E-state index contributed by atoms with van der Waals surface area (Å²) < 4.78 is 5.38. The Morgan fingerprint density at radius 1 is 1.25 bits per heavy atom. The fourth-order valence-corrected chi connectivity index (χ4v) is 3.57. The Morgan fingerprint density at radius 3 is 2.64 bits per heavy atom. The normalized spacial score (nSPS) is 16.0. The number of nitrogens with zero attached hydrogens (tertiary/aromatic N) is 2. The number of carbonyl (C=O) groups excluding carboxylic acids is 1.